The molecule has 1 aromatic rings. The van der Waals surface area contributed by atoms with Crippen LogP contribution in [0.1, 0.15) is 47.0 Å². The maximum Gasteiger partial charge on any atom is 0.319 e. The normalized spacial score (nSPS) is 14.6. The van der Waals surface area contributed by atoms with Crippen LogP contribution in [0.4, 0.5) is 16.2 Å². The summed E-state index contributed by atoms with van der Waals surface area (Å²) in [6, 6.07) is 6.37. The largest absolute Gasteiger partial charge is 0.344 e. The molecule has 0 heterocycles. The van der Waals surface area contributed by atoms with Crippen molar-refractivity contribution in [2.75, 3.05) is 10.6 Å². The summed E-state index contributed by atoms with van der Waals surface area (Å²) < 4.78 is 0. The van der Waals surface area contributed by atoms with E-state index in [-0.39, 0.29) is 29.7 Å². The highest BCUT2D eigenvalue weighted by Crippen LogP contribution is 2.19. The van der Waals surface area contributed by atoms with Crippen LogP contribution in [-0.2, 0) is 9.59 Å². The van der Waals surface area contributed by atoms with E-state index in [9.17, 15) is 14.4 Å². The SMILES string of the molecule is CC(C)CC(=O)N[C@H](C(=O)Nc1ccc(NC(=O)NC2CC2)cc1)C(C)C. The fourth-order valence-electron chi connectivity index (χ4n) is 2.58. The number of rotatable bonds is 8. The lowest BCUT2D eigenvalue weighted by atomic mass is 10.0. The third kappa shape index (κ3) is 7.29. The summed E-state index contributed by atoms with van der Waals surface area (Å²) in [5.74, 6) is -0.180. The molecule has 0 unspecified atom stereocenters. The molecule has 1 saturated carbocycles. The molecule has 1 fully saturated rings. The highest BCUT2D eigenvalue weighted by molar-refractivity contribution is 5.97. The van der Waals surface area contributed by atoms with Gasteiger partial charge in [0.25, 0.3) is 0 Å². The van der Waals surface area contributed by atoms with Crippen LogP contribution in [0, 0.1) is 11.8 Å². The first kappa shape index (κ1) is 20.7. The molecule has 1 aliphatic rings. The number of nitrogens with one attached hydrogen (secondary N) is 4. The molecule has 0 radical (unpaired) electrons. The molecule has 7 heteroatoms. The highest BCUT2D eigenvalue weighted by atomic mass is 16.2. The lowest BCUT2D eigenvalue weighted by Crippen LogP contribution is -2.47. The van der Waals surface area contributed by atoms with Crippen molar-refractivity contribution in [1.82, 2.24) is 10.6 Å². The lowest BCUT2D eigenvalue weighted by Gasteiger charge is -2.22. The summed E-state index contributed by atoms with van der Waals surface area (Å²) in [4.78, 5) is 36.3. The molecule has 0 aliphatic heterocycles. The molecule has 7 nitrogen and oxygen atoms in total. The van der Waals surface area contributed by atoms with Gasteiger partial charge < -0.3 is 21.3 Å². The fraction of sp³-hybridized carbons (Fsp3) is 0.550. The van der Waals surface area contributed by atoms with Crippen LogP contribution in [0.5, 0.6) is 0 Å². The maximum atomic E-state index is 12.6. The van der Waals surface area contributed by atoms with E-state index in [1.165, 1.54) is 0 Å². The summed E-state index contributed by atoms with van der Waals surface area (Å²) >= 11 is 0. The standard InChI is InChI=1S/C20H30N4O3/c1-12(2)11-17(25)24-18(13(3)4)19(26)21-14-5-7-15(8-6-14)22-20(27)23-16-9-10-16/h5-8,12-13,16,18H,9-11H2,1-4H3,(H,21,26)(H,24,25)(H2,22,23,27)/t18-/m0/s1. The van der Waals surface area contributed by atoms with Gasteiger partial charge in [-0.3, -0.25) is 9.59 Å². The van der Waals surface area contributed by atoms with Crippen molar-refractivity contribution in [2.45, 2.75) is 59.0 Å². The van der Waals surface area contributed by atoms with Gasteiger partial charge >= 0.3 is 6.03 Å². The maximum absolute atomic E-state index is 12.6. The Morgan fingerprint density at radius 1 is 0.963 bits per heavy atom. The van der Waals surface area contributed by atoms with Gasteiger partial charge in [0.05, 0.1) is 0 Å². The van der Waals surface area contributed by atoms with Crippen LogP contribution in [0.2, 0.25) is 0 Å². The monoisotopic (exact) mass is 374 g/mol. The molecule has 0 saturated heterocycles. The molecular formula is C20H30N4O3. The van der Waals surface area contributed by atoms with Gasteiger partial charge in [-0.2, -0.15) is 0 Å². The summed E-state index contributed by atoms with van der Waals surface area (Å²) in [6.45, 7) is 7.71. The Labute approximate surface area is 160 Å². The summed E-state index contributed by atoms with van der Waals surface area (Å²) in [5, 5.41) is 11.2. The zero-order chi connectivity index (χ0) is 20.0. The Morgan fingerprint density at radius 3 is 2.00 bits per heavy atom. The third-order valence-electron chi connectivity index (χ3n) is 4.18. The average Bonchev–Trinajstić information content (AvgIpc) is 3.37. The molecule has 4 amide bonds. The Kier molecular flexibility index (Phi) is 7.21. The van der Waals surface area contributed by atoms with Crippen molar-refractivity contribution in [1.29, 1.82) is 0 Å². The molecule has 0 aromatic heterocycles. The van der Waals surface area contributed by atoms with Crippen LogP contribution < -0.4 is 21.3 Å². The number of urea groups is 1. The summed E-state index contributed by atoms with van der Waals surface area (Å²) in [5.41, 5.74) is 1.26. The number of hydrogen-bond donors (Lipinski definition) is 4. The number of anilines is 2. The molecule has 1 atom stereocenters. The molecule has 148 valence electrons. The topological polar surface area (TPSA) is 99.3 Å². The van der Waals surface area contributed by atoms with Crippen molar-refractivity contribution in [3.8, 4) is 0 Å². The zero-order valence-corrected chi connectivity index (χ0v) is 16.5. The molecule has 2 rings (SSSR count). The summed E-state index contributed by atoms with van der Waals surface area (Å²) in [6.07, 6.45) is 2.45. The van der Waals surface area contributed by atoms with Gasteiger partial charge in [-0.1, -0.05) is 27.7 Å². The first-order valence-corrected chi connectivity index (χ1v) is 9.52. The average molecular weight is 374 g/mol. The van der Waals surface area contributed by atoms with E-state index < -0.39 is 6.04 Å². The minimum atomic E-state index is -0.599. The summed E-state index contributed by atoms with van der Waals surface area (Å²) in [7, 11) is 0. The Morgan fingerprint density at radius 2 is 1.52 bits per heavy atom. The molecular weight excluding hydrogens is 344 g/mol. The Bertz CT molecular complexity index is 666. The van der Waals surface area contributed by atoms with E-state index in [2.05, 4.69) is 21.3 Å². The first-order chi connectivity index (χ1) is 12.7. The number of benzene rings is 1. The van der Waals surface area contributed by atoms with E-state index in [0.29, 0.717) is 23.8 Å². The first-order valence-electron chi connectivity index (χ1n) is 9.52. The van der Waals surface area contributed by atoms with E-state index >= 15 is 0 Å². The lowest BCUT2D eigenvalue weighted by molar-refractivity contribution is -0.127. The minimum absolute atomic E-state index is 0.0341. The van der Waals surface area contributed by atoms with Crippen LogP contribution in [0.25, 0.3) is 0 Å². The van der Waals surface area contributed by atoms with Crippen molar-refractivity contribution in [3.63, 3.8) is 0 Å². The van der Waals surface area contributed by atoms with Crippen molar-refractivity contribution in [2.24, 2.45) is 11.8 Å². The third-order valence-corrected chi connectivity index (χ3v) is 4.18. The highest BCUT2D eigenvalue weighted by Gasteiger charge is 2.25. The van der Waals surface area contributed by atoms with E-state index in [1.54, 1.807) is 24.3 Å². The van der Waals surface area contributed by atoms with Crippen molar-refractivity contribution < 1.29 is 14.4 Å². The van der Waals surface area contributed by atoms with E-state index in [1.807, 2.05) is 27.7 Å². The number of amides is 4. The quantitative estimate of drug-likeness (QED) is 0.563. The van der Waals surface area contributed by atoms with Crippen molar-refractivity contribution in [3.05, 3.63) is 24.3 Å². The zero-order valence-electron chi connectivity index (χ0n) is 16.5. The van der Waals surface area contributed by atoms with Gasteiger partial charge in [-0.15, -0.1) is 0 Å². The second-order valence-electron chi connectivity index (χ2n) is 7.83. The molecule has 4 N–H and O–H groups in total. The van der Waals surface area contributed by atoms with Crippen LogP contribution in [0.3, 0.4) is 0 Å². The fourth-order valence-corrected chi connectivity index (χ4v) is 2.58. The number of hydrogen-bond acceptors (Lipinski definition) is 3. The Balaban J connectivity index is 1.89. The molecule has 1 aliphatic carbocycles. The number of carbonyl (C=O) groups is 3. The van der Waals surface area contributed by atoms with Gasteiger partial charge in [0.15, 0.2) is 0 Å². The van der Waals surface area contributed by atoms with Crippen LogP contribution >= 0.6 is 0 Å². The second kappa shape index (κ2) is 9.39. The Hall–Kier alpha value is -2.57. The predicted molar refractivity (Wildman–Crippen MR) is 106 cm³/mol. The van der Waals surface area contributed by atoms with Gasteiger partial charge in [0.1, 0.15) is 6.04 Å². The van der Waals surface area contributed by atoms with Gasteiger partial charge in [-0.25, -0.2) is 4.79 Å². The predicted octanol–water partition coefficient (Wildman–Crippen LogP) is 3.10. The van der Waals surface area contributed by atoms with Crippen LogP contribution in [-0.4, -0.2) is 29.9 Å². The van der Waals surface area contributed by atoms with Crippen LogP contribution in [0.15, 0.2) is 24.3 Å². The van der Waals surface area contributed by atoms with E-state index in [4.69, 9.17) is 0 Å². The molecule has 1 aromatic carbocycles. The van der Waals surface area contributed by atoms with Crippen molar-refractivity contribution >= 4 is 29.2 Å². The number of carbonyl (C=O) groups excluding carboxylic acids is 3. The van der Waals surface area contributed by atoms with E-state index in [0.717, 1.165) is 12.8 Å². The molecule has 0 bridgehead atoms. The molecule has 27 heavy (non-hydrogen) atoms. The second-order valence-corrected chi connectivity index (χ2v) is 7.83. The van der Waals surface area contributed by atoms with Gasteiger partial charge in [0, 0.05) is 23.8 Å². The smallest absolute Gasteiger partial charge is 0.319 e. The van der Waals surface area contributed by atoms with Gasteiger partial charge in [0.2, 0.25) is 11.8 Å². The minimum Gasteiger partial charge on any atom is -0.344 e. The molecule has 0 spiro atoms. The van der Waals surface area contributed by atoms with Gasteiger partial charge in [-0.05, 0) is 48.9 Å².